The average molecular weight is 253 g/mol. The molecule has 0 aliphatic heterocycles. The summed E-state index contributed by atoms with van der Waals surface area (Å²) in [5, 5.41) is 5.42. The van der Waals surface area contributed by atoms with Gasteiger partial charge in [-0.1, -0.05) is 6.07 Å². The molecule has 0 spiro atoms. The van der Waals surface area contributed by atoms with E-state index in [0.29, 0.717) is 0 Å². The molecular formula is C15H15N3O. The molecule has 3 aromatic rings. The summed E-state index contributed by atoms with van der Waals surface area (Å²) in [6, 6.07) is 9.81. The molecule has 19 heavy (non-hydrogen) atoms. The Kier molecular flexibility index (Phi) is 3.06. The predicted octanol–water partition coefficient (Wildman–Crippen LogP) is 3.06. The second kappa shape index (κ2) is 5.02. The van der Waals surface area contributed by atoms with E-state index in [9.17, 15) is 0 Å². The zero-order chi connectivity index (χ0) is 13.1. The molecular weight excluding hydrogens is 238 g/mol. The van der Waals surface area contributed by atoms with Crippen LogP contribution in [0.1, 0.15) is 5.76 Å². The highest BCUT2D eigenvalue weighted by atomic mass is 16.3. The molecule has 4 nitrogen and oxygen atoms in total. The number of nitrogens with zero attached hydrogens (tertiary/aromatic N) is 1. The molecule has 2 aromatic heterocycles. The molecule has 0 aliphatic rings. The van der Waals surface area contributed by atoms with Gasteiger partial charge in [-0.05, 0) is 24.3 Å². The van der Waals surface area contributed by atoms with Crippen LogP contribution in [0.4, 0.5) is 11.4 Å². The van der Waals surface area contributed by atoms with Crippen molar-refractivity contribution in [3.05, 3.63) is 54.7 Å². The molecule has 0 radical (unpaired) electrons. The molecule has 1 aromatic carbocycles. The number of fused-ring (bicyclic) bond motifs is 1. The highest BCUT2D eigenvalue weighted by molar-refractivity contribution is 5.98. The molecule has 0 aliphatic carbocycles. The maximum atomic E-state index is 6.16. The molecule has 0 bridgehead atoms. The van der Waals surface area contributed by atoms with Gasteiger partial charge in [-0.2, -0.15) is 0 Å². The fourth-order valence-electron chi connectivity index (χ4n) is 2.12. The van der Waals surface area contributed by atoms with Crippen molar-refractivity contribution in [2.75, 3.05) is 17.6 Å². The van der Waals surface area contributed by atoms with E-state index < -0.39 is 0 Å². The van der Waals surface area contributed by atoms with Crippen molar-refractivity contribution in [3.8, 4) is 0 Å². The molecule has 2 heterocycles. The van der Waals surface area contributed by atoms with E-state index in [0.717, 1.165) is 40.9 Å². The number of nitrogen functional groups attached to an aromatic ring is 1. The molecule has 96 valence electrons. The van der Waals surface area contributed by atoms with Crippen LogP contribution in [0, 0.1) is 0 Å². The Bertz CT molecular complexity index is 677. The van der Waals surface area contributed by atoms with E-state index in [2.05, 4.69) is 10.3 Å². The monoisotopic (exact) mass is 253 g/mol. The molecule has 0 saturated carbocycles. The molecule has 0 saturated heterocycles. The first-order valence-electron chi connectivity index (χ1n) is 6.23. The maximum absolute atomic E-state index is 6.16. The summed E-state index contributed by atoms with van der Waals surface area (Å²) in [6.07, 6.45) is 6.09. The Labute approximate surface area is 111 Å². The third kappa shape index (κ3) is 2.38. The van der Waals surface area contributed by atoms with Crippen molar-refractivity contribution >= 4 is 22.1 Å². The first-order chi connectivity index (χ1) is 9.34. The van der Waals surface area contributed by atoms with Gasteiger partial charge in [0.2, 0.25) is 0 Å². The number of benzene rings is 1. The second-order valence-electron chi connectivity index (χ2n) is 4.38. The van der Waals surface area contributed by atoms with Crippen molar-refractivity contribution in [2.24, 2.45) is 0 Å². The number of pyridine rings is 1. The third-order valence-corrected chi connectivity index (χ3v) is 3.13. The Morgan fingerprint density at radius 1 is 1.21 bits per heavy atom. The lowest BCUT2D eigenvalue weighted by atomic mass is 10.1. The fourth-order valence-corrected chi connectivity index (χ4v) is 2.12. The van der Waals surface area contributed by atoms with Gasteiger partial charge in [-0.3, -0.25) is 4.98 Å². The minimum atomic E-state index is 0.763. The quantitative estimate of drug-likeness (QED) is 0.701. The lowest BCUT2D eigenvalue weighted by molar-refractivity contribution is 0.513. The van der Waals surface area contributed by atoms with Crippen molar-refractivity contribution in [1.82, 2.24) is 4.98 Å². The lowest BCUT2D eigenvalue weighted by Gasteiger charge is -2.10. The first-order valence-corrected chi connectivity index (χ1v) is 6.23. The van der Waals surface area contributed by atoms with Crippen LogP contribution in [0.2, 0.25) is 0 Å². The second-order valence-corrected chi connectivity index (χ2v) is 4.38. The number of hydrogen-bond donors (Lipinski definition) is 2. The van der Waals surface area contributed by atoms with E-state index >= 15 is 0 Å². The Hall–Kier alpha value is -2.49. The Morgan fingerprint density at radius 2 is 2.16 bits per heavy atom. The summed E-state index contributed by atoms with van der Waals surface area (Å²) in [5.74, 6) is 0.969. The standard InChI is InChI=1S/C15H15N3O/c16-15-13-6-7-17-10-11(13)3-4-14(15)18-8-5-12-2-1-9-19-12/h1-4,6-7,9-10,18H,5,8,16H2. The number of aromatic nitrogens is 1. The minimum Gasteiger partial charge on any atom is -0.469 e. The third-order valence-electron chi connectivity index (χ3n) is 3.13. The van der Waals surface area contributed by atoms with Gasteiger partial charge in [-0.15, -0.1) is 0 Å². The number of rotatable bonds is 4. The van der Waals surface area contributed by atoms with E-state index in [1.807, 2.05) is 36.5 Å². The van der Waals surface area contributed by atoms with Crippen LogP contribution in [0.15, 0.2) is 53.4 Å². The van der Waals surface area contributed by atoms with Crippen molar-refractivity contribution in [3.63, 3.8) is 0 Å². The van der Waals surface area contributed by atoms with Crippen LogP contribution >= 0.6 is 0 Å². The molecule has 3 rings (SSSR count). The van der Waals surface area contributed by atoms with Gasteiger partial charge in [0.05, 0.1) is 17.6 Å². The Balaban J connectivity index is 1.76. The van der Waals surface area contributed by atoms with Crippen LogP contribution in [0.3, 0.4) is 0 Å². The SMILES string of the molecule is Nc1c(NCCc2ccco2)ccc2cnccc12. The molecule has 3 N–H and O–H groups in total. The summed E-state index contributed by atoms with van der Waals surface area (Å²) in [6.45, 7) is 0.786. The zero-order valence-corrected chi connectivity index (χ0v) is 10.5. The molecule has 0 atom stereocenters. The van der Waals surface area contributed by atoms with Crippen molar-refractivity contribution in [1.29, 1.82) is 0 Å². The van der Waals surface area contributed by atoms with Crippen LogP contribution < -0.4 is 11.1 Å². The molecule has 0 fully saturated rings. The smallest absolute Gasteiger partial charge is 0.105 e. The number of nitrogens with two attached hydrogens (primary N) is 1. The van der Waals surface area contributed by atoms with Gasteiger partial charge in [0.25, 0.3) is 0 Å². The summed E-state index contributed by atoms with van der Waals surface area (Å²) < 4.78 is 5.29. The number of furan rings is 1. The number of nitrogens with one attached hydrogen (secondary N) is 1. The van der Waals surface area contributed by atoms with Gasteiger partial charge >= 0.3 is 0 Å². The zero-order valence-electron chi connectivity index (χ0n) is 10.5. The summed E-state index contributed by atoms with van der Waals surface area (Å²) in [4.78, 5) is 4.09. The van der Waals surface area contributed by atoms with Crippen LogP contribution in [0.25, 0.3) is 10.8 Å². The van der Waals surface area contributed by atoms with E-state index in [-0.39, 0.29) is 0 Å². The first kappa shape index (κ1) is 11.6. The topological polar surface area (TPSA) is 64.1 Å². The highest BCUT2D eigenvalue weighted by Crippen LogP contribution is 2.27. The highest BCUT2D eigenvalue weighted by Gasteiger charge is 2.04. The number of hydrogen-bond acceptors (Lipinski definition) is 4. The predicted molar refractivity (Wildman–Crippen MR) is 77.1 cm³/mol. The van der Waals surface area contributed by atoms with Crippen LogP contribution in [-0.2, 0) is 6.42 Å². The summed E-state index contributed by atoms with van der Waals surface area (Å²) in [5.41, 5.74) is 7.88. The largest absolute Gasteiger partial charge is 0.469 e. The van der Waals surface area contributed by atoms with Crippen molar-refractivity contribution in [2.45, 2.75) is 6.42 Å². The van der Waals surface area contributed by atoms with Gasteiger partial charge in [-0.25, -0.2) is 0 Å². The van der Waals surface area contributed by atoms with E-state index in [4.69, 9.17) is 10.2 Å². The Morgan fingerprint density at radius 3 is 3.00 bits per heavy atom. The van der Waals surface area contributed by atoms with Gasteiger partial charge < -0.3 is 15.5 Å². The molecule has 0 amide bonds. The summed E-state index contributed by atoms with van der Waals surface area (Å²) in [7, 11) is 0. The van der Waals surface area contributed by atoms with Crippen LogP contribution in [0.5, 0.6) is 0 Å². The molecule has 0 unspecified atom stereocenters. The normalized spacial score (nSPS) is 10.7. The minimum absolute atomic E-state index is 0.763. The van der Waals surface area contributed by atoms with Gasteiger partial charge in [0, 0.05) is 36.1 Å². The lowest BCUT2D eigenvalue weighted by Crippen LogP contribution is -2.06. The molecule has 4 heteroatoms. The summed E-state index contributed by atoms with van der Waals surface area (Å²) >= 11 is 0. The van der Waals surface area contributed by atoms with Gasteiger partial charge in [0.15, 0.2) is 0 Å². The van der Waals surface area contributed by atoms with Crippen LogP contribution in [-0.4, -0.2) is 11.5 Å². The average Bonchev–Trinajstić information content (AvgIpc) is 2.95. The maximum Gasteiger partial charge on any atom is 0.105 e. The van der Waals surface area contributed by atoms with E-state index in [1.165, 1.54) is 0 Å². The number of anilines is 2. The van der Waals surface area contributed by atoms with Gasteiger partial charge in [0.1, 0.15) is 5.76 Å². The fraction of sp³-hybridized carbons (Fsp3) is 0.133. The van der Waals surface area contributed by atoms with E-state index in [1.54, 1.807) is 12.5 Å². The van der Waals surface area contributed by atoms with Crippen molar-refractivity contribution < 1.29 is 4.42 Å².